The lowest BCUT2D eigenvalue weighted by Gasteiger charge is -2.28. The summed E-state index contributed by atoms with van der Waals surface area (Å²) in [5.41, 5.74) is 5.12. The van der Waals surface area contributed by atoms with Crippen molar-refractivity contribution in [3.8, 4) is 11.3 Å². The van der Waals surface area contributed by atoms with Crippen molar-refractivity contribution < 1.29 is 4.57 Å². The smallest absolute Gasteiger partial charge is 0.221 e. The van der Waals surface area contributed by atoms with Gasteiger partial charge in [0.05, 0.1) is 24.0 Å². The highest BCUT2D eigenvalue weighted by molar-refractivity contribution is 7.71. The summed E-state index contributed by atoms with van der Waals surface area (Å²) in [5, 5.41) is 10.5. The maximum absolute atomic E-state index is 13.8. The number of pyridine rings is 1. The van der Waals surface area contributed by atoms with Crippen molar-refractivity contribution in [3.63, 3.8) is 0 Å². The third kappa shape index (κ3) is 4.25. The van der Waals surface area contributed by atoms with Crippen LogP contribution in [-0.2, 0) is 11.1 Å². The van der Waals surface area contributed by atoms with Gasteiger partial charge in [-0.1, -0.05) is 54.8 Å². The Kier molecular flexibility index (Phi) is 5.65. The summed E-state index contributed by atoms with van der Waals surface area (Å²) in [6.07, 6.45) is 9.24. The van der Waals surface area contributed by atoms with E-state index in [1.54, 1.807) is 17.1 Å². The topological polar surface area (TPSA) is 86.5 Å². The molecule has 0 saturated heterocycles. The maximum atomic E-state index is 13.8. The number of hydrogen-bond acceptors (Lipinski definition) is 6. The zero-order chi connectivity index (χ0) is 23.8. The van der Waals surface area contributed by atoms with Gasteiger partial charge in [0.2, 0.25) is 5.65 Å². The summed E-state index contributed by atoms with van der Waals surface area (Å²) in [4.78, 5) is 13.8. The molecule has 0 aliphatic heterocycles. The summed E-state index contributed by atoms with van der Waals surface area (Å²) in [6, 6.07) is 18.2. The fraction of sp³-hybridized carbons (Fsp3) is 0.296. The van der Waals surface area contributed by atoms with Crippen LogP contribution in [0, 0.1) is 0 Å². The molecule has 2 aromatic carbocycles. The third-order valence-corrected chi connectivity index (χ3v) is 10.4. The molecule has 1 aliphatic rings. The van der Waals surface area contributed by atoms with Gasteiger partial charge < -0.3 is 4.57 Å². The lowest BCUT2D eigenvalue weighted by atomic mass is 10.0. The van der Waals surface area contributed by atoms with Gasteiger partial charge in [-0.05, 0) is 49.3 Å². The van der Waals surface area contributed by atoms with E-state index in [4.69, 9.17) is 4.98 Å². The van der Waals surface area contributed by atoms with Crippen molar-refractivity contribution in [3.05, 3.63) is 72.6 Å². The number of benzene rings is 2. The molecule has 0 spiro atoms. The van der Waals surface area contributed by atoms with Gasteiger partial charge in [0, 0.05) is 28.1 Å². The first kappa shape index (κ1) is 22.1. The minimum atomic E-state index is -2.46. The van der Waals surface area contributed by atoms with E-state index < -0.39 is 7.14 Å². The van der Waals surface area contributed by atoms with Gasteiger partial charge in [0.15, 0.2) is 5.65 Å². The molecular weight excluding hydrogens is 455 g/mol. The van der Waals surface area contributed by atoms with Crippen molar-refractivity contribution in [2.75, 3.05) is 6.66 Å². The Morgan fingerprint density at radius 2 is 1.89 bits per heavy atom. The Labute approximate surface area is 204 Å². The average molecular weight is 483 g/mol. The summed E-state index contributed by atoms with van der Waals surface area (Å²) in [7, 11) is -2.46. The van der Waals surface area contributed by atoms with E-state index in [1.807, 2.05) is 49.1 Å². The van der Waals surface area contributed by atoms with Crippen LogP contribution in [0.4, 0.5) is 0 Å². The van der Waals surface area contributed by atoms with Gasteiger partial charge in [-0.15, -0.1) is 5.10 Å². The van der Waals surface area contributed by atoms with Crippen molar-refractivity contribution in [1.82, 2.24) is 29.9 Å². The molecule has 7 nitrogen and oxygen atoms in total. The van der Waals surface area contributed by atoms with Crippen LogP contribution in [0.3, 0.4) is 0 Å². The Morgan fingerprint density at radius 3 is 2.77 bits per heavy atom. The maximum Gasteiger partial charge on any atom is 0.221 e. The normalized spacial score (nSPS) is 16.5. The van der Waals surface area contributed by atoms with Gasteiger partial charge >= 0.3 is 0 Å². The predicted molar refractivity (Wildman–Crippen MR) is 139 cm³/mol. The Hall–Kier alpha value is -3.44. The second-order valence-electron chi connectivity index (χ2n) is 9.51. The summed E-state index contributed by atoms with van der Waals surface area (Å²) in [5.74, 6) is 0. The standard InChI is InChI=1S/C27H27N6OP/c1-35(34,22-9-3-2-4-10-22)23-11-5-7-21(16-23)25-17-29-26-27(30-25)33(32-31-26)18-19-12-13-24-20(15-19)8-6-14-28-24/h5-8,11-17,22H,2-4,9-10,18H2,1H3. The molecule has 1 aliphatic carbocycles. The Morgan fingerprint density at radius 1 is 1.00 bits per heavy atom. The van der Waals surface area contributed by atoms with Crippen molar-refractivity contribution >= 4 is 34.6 Å². The minimum absolute atomic E-state index is 0.280. The first-order valence-corrected chi connectivity index (χ1v) is 14.4. The number of fused-ring (bicyclic) bond motifs is 2. The van der Waals surface area contributed by atoms with Gasteiger partial charge in [-0.2, -0.15) is 0 Å². The van der Waals surface area contributed by atoms with Gasteiger partial charge in [0.25, 0.3) is 0 Å². The summed E-state index contributed by atoms with van der Waals surface area (Å²) < 4.78 is 15.6. The fourth-order valence-electron chi connectivity index (χ4n) is 5.12. The van der Waals surface area contributed by atoms with E-state index in [0.717, 1.165) is 45.9 Å². The molecule has 0 amide bonds. The quantitative estimate of drug-likeness (QED) is 0.310. The molecule has 176 valence electrons. The van der Waals surface area contributed by atoms with Crippen LogP contribution in [0.1, 0.15) is 37.7 Å². The van der Waals surface area contributed by atoms with Crippen LogP contribution in [0.5, 0.6) is 0 Å². The fourth-order valence-corrected chi connectivity index (χ4v) is 7.67. The molecule has 5 aromatic rings. The third-order valence-electron chi connectivity index (χ3n) is 7.15. The monoisotopic (exact) mass is 482 g/mol. The zero-order valence-electron chi connectivity index (χ0n) is 19.7. The molecule has 3 aromatic heterocycles. The second-order valence-corrected chi connectivity index (χ2v) is 12.7. The summed E-state index contributed by atoms with van der Waals surface area (Å²) in [6.45, 7) is 2.49. The van der Waals surface area contributed by atoms with Crippen LogP contribution in [0.2, 0.25) is 0 Å². The molecular formula is C27H27N6OP. The molecule has 1 saturated carbocycles. The van der Waals surface area contributed by atoms with Crippen LogP contribution >= 0.6 is 7.14 Å². The lowest BCUT2D eigenvalue weighted by Crippen LogP contribution is -2.19. The number of nitrogens with zero attached hydrogens (tertiary/aromatic N) is 6. The van der Waals surface area contributed by atoms with Crippen molar-refractivity contribution in [1.29, 1.82) is 0 Å². The van der Waals surface area contributed by atoms with E-state index in [9.17, 15) is 4.57 Å². The zero-order valence-corrected chi connectivity index (χ0v) is 20.6. The van der Waals surface area contributed by atoms with Gasteiger partial charge in [0.1, 0.15) is 7.14 Å². The molecule has 3 heterocycles. The van der Waals surface area contributed by atoms with Crippen LogP contribution in [0.25, 0.3) is 33.5 Å². The highest BCUT2D eigenvalue weighted by Crippen LogP contribution is 2.51. The molecule has 0 radical (unpaired) electrons. The van der Waals surface area contributed by atoms with E-state index in [2.05, 4.69) is 32.4 Å². The van der Waals surface area contributed by atoms with Crippen molar-refractivity contribution in [2.45, 2.75) is 44.3 Å². The van der Waals surface area contributed by atoms with E-state index in [0.29, 0.717) is 17.8 Å². The average Bonchev–Trinajstić information content (AvgIpc) is 3.31. The van der Waals surface area contributed by atoms with Crippen molar-refractivity contribution in [2.24, 2.45) is 0 Å². The molecule has 1 atom stereocenters. The van der Waals surface area contributed by atoms with E-state index >= 15 is 0 Å². The first-order valence-electron chi connectivity index (χ1n) is 12.2. The van der Waals surface area contributed by atoms with Gasteiger partial charge in [-0.3, -0.25) is 4.98 Å². The Balaban J connectivity index is 1.33. The number of aromatic nitrogens is 6. The second kappa shape index (κ2) is 8.97. The molecule has 1 fully saturated rings. The molecule has 1 unspecified atom stereocenters. The van der Waals surface area contributed by atoms with E-state index in [1.165, 1.54) is 19.3 Å². The molecule has 0 N–H and O–H groups in total. The highest BCUT2D eigenvalue weighted by atomic mass is 31.2. The lowest BCUT2D eigenvalue weighted by molar-refractivity contribution is 0.488. The number of rotatable bonds is 5. The molecule has 0 bridgehead atoms. The Bertz CT molecular complexity index is 1570. The molecule has 35 heavy (non-hydrogen) atoms. The van der Waals surface area contributed by atoms with E-state index in [-0.39, 0.29) is 5.66 Å². The van der Waals surface area contributed by atoms with Crippen LogP contribution in [0.15, 0.2) is 67.0 Å². The molecule has 8 heteroatoms. The SMILES string of the molecule is CP(=O)(c1cccc(-c2cnc3nnn(Cc4ccc5ncccc5c4)c3n2)c1)C1CCCCC1. The number of hydrogen-bond donors (Lipinski definition) is 0. The first-order chi connectivity index (χ1) is 17.1. The molecule has 6 rings (SSSR count). The largest absolute Gasteiger partial charge is 0.319 e. The van der Waals surface area contributed by atoms with Gasteiger partial charge in [-0.25, -0.2) is 14.6 Å². The predicted octanol–water partition coefficient (Wildman–Crippen LogP) is 5.44. The van der Waals surface area contributed by atoms with Crippen LogP contribution < -0.4 is 5.30 Å². The summed E-state index contributed by atoms with van der Waals surface area (Å²) >= 11 is 0. The van der Waals surface area contributed by atoms with Crippen LogP contribution in [-0.4, -0.2) is 42.3 Å². The highest BCUT2D eigenvalue weighted by Gasteiger charge is 2.31. The minimum Gasteiger partial charge on any atom is -0.319 e.